The second-order valence-electron chi connectivity index (χ2n) is 4.87. The molecule has 4 heteroatoms. The van der Waals surface area contributed by atoms with Crippen LogP contribution in [0.1, 0.15) is 24.5 Å². The first-order chi connectivity index (χ1) is 9.60. The minimum absolute atomic E-state index is 0.000615. The van der Waals surface area contributed by atoms with Crippen molar-refractivity contribution < 1.29 is 4.39 Å². The van der Waals surface area contributed by atoms with Gasteiger partial charge in [0.05, 0.1) is 5.69 Å². The number of hydrogen-bond acceptors (Lipinski definition) is 2. The van der Waals surface area contributed by atoms with Gasteiger partial charge in [0.25, 0.3) is 5.56 Å². The molecule has 106 valence electrons. The lowest BCUT2D eigenvalue weighted by molar-refractivity contribution is 0.625. The maximum Gasteiger partial charge on any atom is 0.250 e. The Morgan fingerprint density at radius 2 is 2.05 bits per heavy atom. The van der Waals surface area contributed by atoms with Crippen molar-refractivity contribution in [3.8, 4) is 0 Å². The summed E-state index contributed by atoms with van der Waals surface area (Å²) in [6, 6.07) is 8.06. The topological polar surface area (TPSA) is 34.0 Å². The van der Waals surface area contributed by atoms with E-state index in [1.165, 1.54) is 12.1 Å². The number of hydrogen-bond donors (Lipinski definition) is 1. The largest absolute Gasteiger partial charge is 0.380 e. The molecule has 0 amide bonds. The molecule has 0 unspecified atom stereocenters. The molecule has 0 fully saturated rings. The molecule has 20 heavy (non-hydrogen) atoms. The van der Waals surface area contributed by atoms with Gasteiger partial charge in [0.15, 0.2) is 0 Å². The molecule has 0 saturated carbocycles. The van der Waals surface area contributed by atoms with Crippen molar-refractivity contribution in [3.63, 3.8) is 0 Å². The normalized spacial score (nSPS) is 10.6. The van der Waals surface area contributed by atoms with E-state index in [0.29, 0.717) is 13.1 Å². The summed E-state index contributed by atoms with van der Waals surface area (Å²) >= 11 is 0. The van der Waals surface area contributed by atoms with Crippen LogP contribution in [0.5, 0.6) is 0 Å². The maximum atomic E-state index is 13.2. The summed E-state index contributed by atoms with van der Waals surface area (Å²) in [4.78, 5) is 11.6. The third-order valence-electron chi connectivity index (χ3n) is 3.24. The van der Waals surface area contributed by atoms with E-state index in [1.807, 2.05) is 13.8 Å². The fourth-order valence-corrected chi connectivity index (χ4v) is 2.08. The molecule has 0 aliphatic rings. The lowest BCUT2D eigenvalue weighted by Crippen LogP contribution is -2.18. The van der Waals surface area contributed by atoms with Crippen LogP contribution in [0.25, 0.3) is 0 Å². The van der Waals surface area contributed by atoms with E-state index in [9.17, 15) is 9.18 Å². The van der Waals surface area contributed by atoms with Gasteiger partial charge in [-0.3, -0.25) is 4.79 Å². The molecule has 2 rings (SSSR count). The molecule has 1 aromatic heterocycles. The number of pyridine rings is 1. The minimum atomic E-state index is -0.233. The van der Waals surface area contributed by atoms with Gasteiger partial charge in [-0.25, -0.2) is 4.39 Å². The van der Waals surface area contributed by atoms with Gasteiger partial charge in [-0.05, 0) is 42.7 Å². The average molecular weight is 274 g/mol. The number of anilines is 1. The molecule has 0 aliphatic carbocycles. The molecule has 0 spiro atoms. The Labute approximate surface area is 118 Å². The molecule has 0 aliphatic heterocycles. The number of rotatable bonds is 5. The number of aryl methyl sites for hydroxylation is 2. The Hall–Kier alpha value is -2.10. The van der Waals surface area contributed by atoms with Gasteiger partial charge in [0.2, 0.25) is 0 Å². The lowest BCUT2D eigenvalue weighted by atomic mass is 10.1. The second-order valence-corrected chi connectivity index (χ2v) is 4.87. The maximum absolute atomic E-state index is 13.2. The SMILES string of the molecule is CCCn1cc(NCc2cc(F)ccc2C)ccc1=O. The highest BCUT2D eigenvalue weighted by atomic mass is 19.1. The molecule has 3 nitrogen and oxygen atoms in total. The Morgan fingerprint density at radius 3 is 2.80 bits per heavy atom. The van der Waals surface area contributed by atoms with Gasteiger partial charge >= 0.3 is 0 Å². The molecule has 0 bridgehead atoms. The number of benzene rings is 1. The van der Waals surface area contributed by atoms with E-state index in [-0.39, 0.29) is 11.4 Å². The zero-order valence-electron chi connectivity index (χ0n) is 11.8. The quantitative estimate of drug-likeness (QED) is 0.907. The van der Waals surface area contributed by atoms with Gasteiger partial charge in [-0.15, -0.1) is 0 Å². The predicted octanol–water partition coefficient (Wildman–Crippen LogP) is 3.32. The molecular weight excluding hydrogens is 255 g/mol. The number of nitrogens with one attached hydrogen (secondary N) is 1. The zero-order valence-corrected chi connectivity index (χ0v) is 11.8. The van der Waals surface area contributed by atoms with E-state index in [4.69, 9.17) is 0 Å². The third-order valence-corrected chi connectivity index (χ3v) is 3.24. The smallest absolute Gasteiger partial charge is 0.250 e. The average Bonchev–Trinajstić information content (AvgIpc) is 2.43. The summed E-state index contributed by atoms with van der Waals surface area (Å²) in [6.07, 6.45) is 2.72. The second kappa shape index (κ2) is 6.37. The van der Waals surface area contributed by atoms with E-state index in [1.54, 1.807) is 29.0 Å². The van der Waals surface area contributed by atoms with E-state index in [0.717, 1.165) is 23.2 Å². The van der Waals surface area contributed by atoms with E-state index >= 15 is 0 Å². The summed E-state index contributed by atoms with van der Waals surface area (Å²) in [7, 11) is 0. The highest BCUT2D eigenvalue weighted by Gasteiger charge is 2.02. The molecule has 0 radical (unpaired) electrons. The number of aromatic nitrogens is 1. The molecule has 0 atom stereocenters. The molecule has 1 heterocycles. The Bertz CT molecular complexity index is 649. The molecule has 1 N–H and O–H groups in total. The Morgan fingerprint density at radius 1 is 1.25 bits per heavy atom. The molecule has 1 aromatic carbocycles. The van der Waals surface area contributed by atoms with Gasteiger partial charge in [-0.2, -0.15) is 0 Å². The minimum Gasteiger partial charge on any atom is -0.380 e. The van der Waals surface area contributed by atoms with Crippen molar-refractivity contribution in [1.82, 2.24) is 4.57 Å². The summed E-state index contributed by atoms with van der Waals surface area (Å²) in [5.74, 6) is -0.233. The van der Waals surface area contributed by atoms with Gasteiger partial charge in [0.1, 0.15) is 5.82 Å². The fraction of sp³-hybridized carbons (Fsp3) is 0.312. The van der Waals surface area contributed by atoms with Crippen LogP contribution in [0, 0.1) is 12.7 Å². The van der Waals surface area contributed by atoms with Crippen LogP contribution < -0.4 is 10.9 Å². The fourth-order valence-electron chi connectivity index (χ4n) is 2.08. The van der Waals surface area contributed by atoms with Crippen molar-refractivity contribution in [2.24, 2.45) is 0 Å². The monoisotopic (exact) mass is 274 g/mol. The van der Waals surface area contributed by atoms with Gasteiger partial charge in [0, 0.05) is 25.4 Å². The first-order valence-electron chi connectivity index (χ1n) is 6.79. The van der Waals surface area contributed by atoms with Crippen molar-refractivity contribution in [1.29, 1.82) is 0 Å². The summed E-state index contributed by atoms with van der Waals surface area (Å²) in [5, 5.41) is 3.23. The Balaban J connectivity index is 2.12. The van der Waals surface area contributed by atoms with Crippen LogP contribution in [0.3, 0.4) is 0 Å². The van der Waals surface area contributed by atoms with Gasteiger partial charge in [-0.1, -0.05) is 13.0 Å². The van der Waals surface area contributed by atoms with Crippen molar-refractivity contribution in [2.75, 3.05) is 5.32 Å². The lowest BCUT2D eigenvalue weighted by Gasteiger charge is -2.11. The van der Waals surface area contributed by atoms with Crippen molar-refractivity contribution in [2.45, 2.75) is 33.4 Å². The van der Waals surface area contributed by atoms with Crippen LogP contribution in [-0.4, -0.2) is 4.57 Å². The standard InChI is InChI=1S/C16H19FN2O/c1-3-8-19-11-15(6-7-16(19)20)18-10-13-9-14(17)5-4-12(13)2/h4-7,9,11,18H,3,8,10H2,1-2H3. The van der Waals surface area contributed by atoms with Crippen LogP contribution in [0.2, 0.25) is 0 Å². The van der Waals surface area contributed by atoms with E-state index in [2.05, 4.69) is 5.32 Å². The summed E-state index contributed by atoms with van der Waals surface area (Å²) in [6.45, 7) is 5.22. The molecule has 2 aromatic rings. The zero-order chi connectivity index (χ0) is 14.5. The van der Waals surface area contributed by atoms with Crippen LogP contribution >= 0.6 is 0 Å². The van der Waals surface area contributed by atoms with E-state index < -0.39 is 0 Å². The Kier molecular flexibility index (Phi) is 4.56. The predicted molar refractivity (Wildman–Crippen MR) is 79.5 cm³/mol. The first-order valence-corrected chi connectivity index (χ1v) is 6.79. The highest BCUT2D eigenvalue weighted by molar-refractivity contribution is 5.42. The van der Waals surface area contributed by atoms with Crippen molar-refractivity contribution >= 4 is 5.69 Å². The third kappa shape index (κ3) is 3.47. The summed E-state index contributed by atoms with van der Waals surface area (Å²) < 4.78 is 14.9. The van der Waals surface area contributed by atoms with Crippen LogP contribution in [-0.2, 0) is 13.1 Å². The highest BCUT2D eigenvalue weighted by Crippen LogP contribution is 2.13. The molecule has 0 saturated heterocycles. The van der Waals surface area contributed by atoms with Crippen molar-refractivity contribution in [3.05, 3.63) is 63.8 Å². The van der Waals surface area contributed by atoms with Crippen LogP contribution in [0.4, 0.5) is 10.1 Å². The van der Waals surface area contributed by atoms with Gasteiger partial charge < -0.3 is 9.88 Å². The molecular formula is C16H19FN2O. The number of nitrogens with zero attached hydrogens (tertiary/aromatic N) is 1. The first kappa shape index (κ1) is 14.3. The number of halogens is 1. The van der Waals surface area contributed by atoms with Crippen LogP contribution in [0.15, 0.2) is 41.3 Å². The summed E-state index contributed by atoms with van der Waals surface area (Å²) in [5.41, 5.74) is 2.82.